The third-order valence-electron chi connectivity index (χ3n) is 2.95. The number of benzene rings is 1. The van der Waals surface area contributed by atoms with Crippen LogP contribution in [-0.4, -0.2) is 25.8 Å². The molecule has 0 bridgehead atoms. The van der Waals surface area contributed by atoms with Crippen LogP contribution in [0.15, 0.2) is 12.1 Å². The highest BCUT2D eigenvalue weighted by Gasteiger charge is 2.25. The number of carboxylic acids is 1. The summed E-state index contributed by atoms with van der Waals surface area (Å²) in [4.78, 5) is 21.4. The standard InChI is InChI=1S/C12H9ClFN3O4/c1-5-11(12(18)19)6(2)16(15-5)9-3-7(13)8(14)4-10(9)17(20)21/h3-4H,1-2H3,(H,18,19). The van der Waals surface area contributed by atoms with Crippen LogP contribution in [0.1, 0.15) is 21.7 Å². The van der Waals surface area contributed by atoms with Gasteiger partial charge in [-0.2, -0.15) is 5.10 Å². The molecule has 0 spiro atoms. The van der Waals surface area contributed by atoms with Gasteiger partial charge in [-0.1, -0.05) is 11.6 Å². The van der Waals surface area contributed by atoms with Gasteiger partial charge in [0.2, 0.25) is 0 Å². The van der Waals surface area contributed by atoms with E-state index in [2.05, 4.69) is 5.10 Å². The second-order valence-electron chi connectivity index (χ2n) is 4.27. The summed E-state index contributed by atoms with van der Waals surface area (Å²) in [6.45, 7) is 2.91. The van der Waals surface area contributed by atoms with Crippen molar-refractivity contribution in [1.82, 2.24) is 9.78 Å². The zero-order chi connectivity index (χ0) is 15.9. The molecule has 0 radical (unpaired) electrons. The first kappa shape index (κ1) is 14.9. The van der Waals surface area contributed by atoms with E-state index in [-0.39, 0.29) is 27.7 Å². The Morgan fingerprint density at radius 3 is 2.57 bits per heavy atom. The van der Waals surface area contributed by atoms with Gasteiger partial charge in [0.15, 0.2) is 0 Å². The average Bonchev–Trinajstić information content (AvgIpc) is 2.67. The first-order valence-electron chi connectivity index (χ1n) is 5.67. The summed E-state index contributed by atoms with van der Waals surface area (Å²) >= 11 is 5.65. The van der Waals surface area contributed by atoms with E-state index < -0.39 is 22.4 Å². The Morgan fingerprint density at radius 2 is 2.10 bits per heavy atom. The number of rotatable bonds is 3. The Kier molecular flexibility index (Phi) is 3.65. The molecule has 0 saturated carbocycles. The molecule has 0 atom stereocenters. The van der Waals surface area contributed by atoms with Gasteiger partial charge < -0.3 is 5.11 Å². The monoisotopic (exact) mass is 313 g/mol. The maximum absolute atomic E-state index is 13.4. The smallest absolute Gasteiger partial charge is 0.339 e. The summed E-state index contributed by atoms with van der Waals surface area (Å²) in [5, 5.41) is 23.8. The molecule has 0 aliphatic heterocycles. The number of aryl methyl sites for hydroxylation is 1. The molecule has 0 saturated heterocycles. The summed E-state index contributed by atoms with van der Waals surface area (Å²) < 4.78 is 14.5. The molecule has 2 aromatic rings. The molecule has 1 N–H and O–H groups in total. The fourth-order valence-electron chi connectivity index (χ4n) is 2.03. The minimum atomic E-state index is -1.20. The molecule has 0 unspecified atom stereocenters. The lowest BCUT2D eigenvalue weighted by atomic mass is 10.2. The summed E-state index contributed by atoms with van der Waals surface area (Å²) in [6, 6.07) is 1.72. The molecule has 1 aromatic heterocycles. The average molecular weight is 314 g/mol. The third-order valence-corrected chi connectivity index (χ3v) is 3.24. The topological polar surface area (TPSA) is 98.3 Å². The van der Waals surface area contributed by atoms with E-state index in [4.69, 9.17) is 16.7 Å². The first-order chi connectivity index (χ1) is 9.73. The normalized spacial score (nSPS) is 10.7. The predicted octanol–water partition coefficient (Wildman–Crippen LogP) is 2.89. The zero-order valence-electron chi connectivity index (χ0n) is 10.9. The van der Waals surface area contributed by atoms with Gasteiger partial charge in [0.25, 0.3) is 5.69 Å². The van der Waals surface area contributed by atoms with Crippen molar-refractivity contribution in [1.29, 1.82) is 0 Å². The van der Waals surface area contributed by atoms with Gasteiger partial charge in [-0.05, 0) is 19.9 Å². The molecule has 110 valence electrons. The largest absolute Gasteiger partial charge is 0.478 e. The summed E-state index contributed by atoms with van der Waals surface area (Å²) in [6.07, 6.45) is 0. The quantitative estimate of drug-likeness (QED) is 0.694. The van der Waals surface area contributed by atoms with Crippen LogP contribution in [0.2, 0.25) is 5.02 Å². The molecular weight excluding hydrogens is 305 g/mol. The van der Waals surface area contributed by atoms with Gasteiger partial charge in [-0.25, -0.2) is 13.9 Å². The van der Waals surface area contributed by atoms with E-state index in [0.29, 0.717) is 6.07 Å². The Bertz CT molecular complexity index is 772. The molecule has 2 rings (SSSR count). The first-order valence-corrected chi connectivity index (χ1v) is 6.05. The Balaban J connectivity index is 2.79. The number of nitro groups is 1. The Morgan fingerprint density at radius 1 is 1.48 bits per heavy atom. The number of nitro benzene ring substituents is 1. The van der Waals surface area contributed by atoms with Crippen molar-refractivity contribution in [2.75, 3.05) is 0 Å². The van der Waals surface area contributed by atoms with E-state index in [1.807, 2.05) is 0 Å². The second kappa shape index (κ2) is 5.13. The van der Waals surface area contributed by atoms with Crippen molar-refractivity contribution in [2.45, 2.75) is 13.8 Å². The van der Waals surface area contributed by atoms with Crippen molar-refractivity contribution in [3.05, 3.63) is 50.0 Å². The summed E-state index contributed by atoms with van der Waals surface area (Å²) in [5.41, 5.74) is -0.343. The number of carboxylic acid groups (broad SMARTS) is 1. The van der Waals surface area contributed by atoms with E-state index >= 15 is 0 Å². The van der Waals surface area contributed by atoms with Gasteiger partial charge in [0.05, 0.1) is 27.4 Å². The molecule has 1 heterocycles. The van der Waals surface area contributed by atoms with Gasteiger partial charge >= 0.3 is 5.97 Å². The SMILES string of the molecule is Cc1nn(-c2cc(Cl)c(F)cc2[N+](=O)[O-])c(C)c1C(=O)O. The number of halogens is 2. The molecule has 1 aromatic carbocycles. The molecule has 0 aliphatic rings. The van der Waals surface area contributed by atoms with Crippen LogP contribution in [0.4, 0.5) is 10.1 Å². The molecule has 0 fully saturated rings. The van der Waals surface area contributed by atoms with Crippen LogP contribution in [0.3, 0.4) is 0 Å². The van der Waals surface area contributed by atoms with E-state index in [0.717, 1.165) is 10.7 Å². The molecule has 7 nitrogen and oxygen atoms in total. The van der Waals surface area contributed by atoms with Crippen LogP contribution >= 0.6 is 11.6 Å². The van der Waals surface area contributed by atoms with E-state index in [1.165, 1.54) is 13.8 Å². The molecule has 21 heavy (non-hydrogen) atoms. The Labute approximate surface area is 122 Å². The Hall–Kier alpha value is -2.48. The summed E-state index contributed by atoms with van der Waals surface area (Å²) in [5.74, 6) is -2.14. The number of hydrogen-bond acceptors (Lipinski definition) is 4. The zero-order valence-corrected chi connectivity index (χ0v) is 11.7. The predicted molar refractivity (Wildman–Crippen MR) is 71.6 cm³/mol. The maximum Gasteiger partial charge on any atom is 0.339 e. The number of carbonyl (C=O) groups is 1. The fourth-order valence-corrected chi connectivity index (χ4v) is 2.19. The van der Waals surface area contributed by atoms with Crippen LogP contribution in [-0.2, 0) is 0 Å². The van der Waals surface area contributed by atoms with Crippen LogP contribution in [0.5, 0.6) is 0 Å². The molecule has 0 amide bonds. The molecular formula is C12H9ClFN3O4. The fraction of sp³-hybridized carbons (Fsp3) is 0.167. The minimum absolute atomic E-state index is 0.0651. The van der Waals surface area contributed by atoms with Crippen LogP contribution < -0.4 is 0 Å². The molecule has 0 aliphatic carbocycles. The highest BCUT2D eigenvalue weighted by atomic mass is 35.5. The lowest BCUT2D eigenvalue weighted by Crippen LogP contribution is -2.06. The highest BCUT2D eigenvalue weighted by Crippen LogP contribution is 2.30. The lowest BCUT2D eigenvalue weighted by molar-refractivity contribution is -0.384. The van der Waals surface area contributed by atoms with Gasteiger partial charge in [-0.3, -0.25) is 10.1 Å². The second-order valence-corrected chi connectivity index (χ2v) is 4.68. The van der Waals surface area contributed by atoms with E-state index in [9.17, 15) is 19.3 Å². The van der Waals surface area contributed by atoms with Crippen molar-refractivity contribution < 1.29 is 19.2 Å². The van der Waals surface area contributed by atoms with Gasteiger partial charge in [0, 0.05) is 0 Å². The van der Waals surface area contributed by atoms with Crippen molar-refractivity contribution in [3.63, 3.8) is 0 Å². The van der Waals surface area contributed by atoms with Gasteiger partial charge in [-0.15, -0.1) is 0 Å². The number of aromatic nitrogens is 2. The number of aromatic carboxylic acids is 1. The minimum Gasteiger partial charge on any atom is -0.478 e. The highest BCUT2D eigenvalue weighted by molar-refractivity contribution is 6.31. The van der Waals surface area contributed by atoms with Gasteiger partial charge in [0.1, 0.15) is 17.1 Å². The van der Waals surface area contributed by atoms with E-state index in [1.54, 1.807) is 0 Å². The van der Waals surface area contributed by atoms with Crippen LogP contribution in [0, 0.1) is 29.8 Å². The summed E-state index contributed by atoms with van der Waals surface area (Å²) in [7, 11) is 0. The van der Waals surface area contributed by atoms with Crippen molar-refractivity contribution >= 4 is 23.3 Å². The van der Waals surface area contributed by atoms with Crippen molar-refractivity contribution in [3.8, 4) is 5.69 Å². The maximum atomic E-state index is 13.4. The van der Waals surface area contributed by atoms with Crippen LogP contribution in [0.25, 0.3) is 5.69 Å². The molecule has 9 heteroatoms. The number of nitrogens with zero attached hydrogens (tertiary/aromatic N) is 3. The lowest BCUT2D eigenvalue weighted by Gasteiger charge is -2.07. The van der Waals surface area contributed by atoms with Crippen molar-refractivity contribution in [2.24, 2.45) is 0 Å². The third kappa shape index (κ3) is 2.45. The number of hydrogen-bond donors (Lipinski definition) is 1.